The molecule has 2 aromatic heterocycles. The zero-order valence-electron chi connectivity index (χ0n) is 17.2. The normalized spacial score (nSPS) is 10.6. The Hall–Kier alpha value is -4.14. The maximum atomic E-state index is 12.4. The summed E-state index contributed by atoms with van der Waals surface area (Å²) in [4.78, 5) is 20.5. The lowest BCUT2D eigenvalue weighted by atomic mass is 10.0. The standard InChI is InChI=1S/C22H21N7O2/c1-3-21-26-27-28-29(21)19-10-17(16-6-4-15(2)5-7-16)11-20(12-19)31-22(30)25-14-18-13-23-8-9-24-18/h4-13H,3,14H2,1-2H3,(H,25,30). The van der Waals surface area contributed by atoms with Crippen LogP contribution in [-0.4, -0.2) is 36.3 Å². The Morgan fingerprint density at radius 3 is 2.68 bits per heavy atom. The smallest absolute Gasteiger partial charge is 0.410 e. The van der Waals surface area contributed by atoms with Crippen LogP contribution in [-0.2, 0) is 13.0 Å². The average molecular weight is 415 g/mol. The maximum absolute atomic E-state index is 12.4. The minimum atomic E-state index is -0.593. The summed E-state index contributed by atoms with van der Waals surface area (Å²) in [7, 11) is 0. The highest BCUT2D eigenvalue weighted by Gasteiger charge is 2.13. The average Bonchev–Trinajstić information content (AvgIpc) is 3.28. The summed E-state index contributed by atoms with van der Waals surface area (Å²) in [5.41, 5.74) is 4.37. The van der Waals surface area contributed by atoms with E-state index in [4.69, 9.17) is 4.74 Å². The summed E-state index contributed by atoms with van der Waals surface area (Å²) in [6.07, 6.45) is 4.79. The molecule has 31 heavy (non-hydrogen) atoms. The van der Waals surface area contributed by atoms with Crippen LogP contribution in [0.5, 0.6) is 5.75 Å². The number of benzene rings is 2. The van der Waals surface area contributed by atoms with Crippen molar-refractivity contribution in [3.63, 3.8) is 0 Å². The lowest BCUT2D eigenvalue weighted by Gasteiger charge is -2.12. The lowest BCUT2D eigenvalue weighted by Crippen LogP contribution is -2.26. The summed E-state index contributed by atoms with van der Waals surface area (Å²) in [5.74, 6) is 1.08. The number of carbonyl (C=O) groups is 1. The number of nitrogens with zero attached hydrogens (tertiary/aromatic N) is 6. The Labute approximate surface area is 179 Å². The van der Waals surface area contributed by atoms with Gasteiger partial charge in [-0.3, -0.25) is 9.97 Å². The van der Waals surface area contributed by atoms with E-state index in [0.29, 0.717) is 29.4 Å². The van der Waals surface area contributed by atoms with Crippen LogP contribution in [0.15, 0.2) is 61.1 Å². The second-order valence-corrected chi connectivity index (χ2v) is 6.88. The van der Waals surface area contributed by atoms with Gasteiger partial charge >= 0.3 is 6.09 Å². The molecule has 0 saturated heterocycles. The molecule has 0 radical (unpaired) electrons. The first kappa shape index (κ1) is 20.1. The summed E-state index contributed by atoms with van der Waals surface area (Å²) >= 11 is 0. The molecule has 0 fully saturated rings. The van der Waals surface area contributed by atoms with Gasteiger partial charge in [0.15, 0.2) is 5.82 Å². The Morgan fingerprint density at radius 2 is 1.94 bits per heavy atom. The molecule has 1 N–H and O–H groups in total. The van der Waals surface area contributed by atoms with Crippen molar-refractivity contribution in [1.29, 1.82) is 0 Å². The number of ether oxygens (including phenoxy) is 1. The van der Waals surface area contributed by atoms with Gasteiger partial charge in [0, 0.05) is 24.9 Å². The van der Waals surface area contributed by atoms with Crippen molar-refractivity contribution >= 4 is 6.09 Å². The first-order valence-electron chi connectivity index (χ1n) is 9.82. The SMILES string of the molecule is CCc1nnnn1-c1cc(OC(=O)NCc2cnccn2)cc(-c2ccc(C)cc2)c1. The number of carbonyl (C=O) groups excluding carboxylic acids is 1. The van der Waals surface area contributed by atoms with E-state index in [1.54, 1.807) is 29.3 Å². The molecule has 0 aliphatic heterocycles. The van der Waals surface area contributed by atoms with Crippen LogP contribution in [0.1, 0.15) is 24.0 Å². The quantitative estimate of drug-likeness (QED) is 0.515. The number of rotatable bonds is 6. The highest BCUT2D eigenvalue weighted by molar-refractivity contribution is 5.73. The van der Waals surface area contributed by atoms with Crippen molar-refractivity contribution < 1.29 is 9.53 Å². The Balaban J connectivity index is 1.62. The van der Waals surface area contributed by atoms with Crippen molar-refractivity contribution in [2.75, 3.05) is 0 Å². The van der Waals surface area contributed by atoms with Gasteiger partial charge in [0.25, 0.3) is 0 Å². The molecule has 0 spiro atoms. The van der Waals surface area contributed by atoms with E-state index in [2.05, 4.69) is 30.8 Å². The van der Waals surface area contributed by atoms with Crippen molar-refractivity contribution in [3.05, 3.63) is 78.1 Å². The zero-order chi connectivity index (χ0) is 21.6. The molecule has 4 rings (SSSR count). The molecule has 0 atom stereocenters. The van der Waals surface area contributed by atoms with Crippen molar-refractivity contribution in [1.82, 2.24) is 35.5 Å². The van der Waals surface area contributed by atoms with Crippen LogP contribution in [0.4, 0.5) is 4.79 Å². The number of nitrogens with one attached hydrogen (secondary N) is 1. The number of amides is 1. The third kappa shape index (κ3) is 4.89. The van der Waals surface area contributed by atoms with Crippen molar-refractivity contribution in [3.8, 4) is 22.6 Å². The Bertz CT molecular complexity index is 1170. The Morgan fingerprint density at radius 1 is 1.10 bits per heavy atom. The zero-order valence-corrected chi connectivity index (χ0v) is 17.2. The molecular weight excluding hydrogens is 394 g/mol. The van der Waals surface area contributed by atoms with Crippen LogP contribution in [0.3, 0.4) is 0 Å². The molecule has 2 heterocycles. The summed E-state index contributed by atoms with van der Waals surface area (Å²) in [5, 5.41) is 14.6. The van der Waals surface area contributed by atoms with Crippen LogP contribution in [0.25, 0.3) is 16.8 Å². The molecular formula is C22H21N7O2. The monoisotopic (exact) mass is 415 g/mol. The van der Waals surface area contributed by atoms with Gasteiger partial charge in [-0.05, 0) is 40.6 Å². The van der Waals surface area contributed by atoms with Gasteiger partial charge in [-0.2, -0.15) is 4.68 Å². The van der Waals surface area contributed by atoms with Crippen LogP contribution < -0.4 is 10.1 Å². The van der Waals surface area contributed by atoms with Crippen LogP contribution in [0, 0.1) is 6.92 Å². The lowest BCUT2D eigenvalue weighted by molar-refractivity contribution is 0.200. The molecule has 0 unspecified atom stereocenters. The fraction of sp³-hybridized carbons (Fsp3) is 0.182. The molecule has 0 aliphatic carbocycles. The van der Waals surface area contributed by atoms with E-state index < -0.39 is 6.09 Å². The number of aromatic nitrogens is 6. The second-order valence-electron chi connectivity index (χ2n) is 6.88. The number of hydrogen-bond acceptors (Lipinski definition) is 7. The fourth-order valence-electron chi connectivity index (χ4n) is 3.03. The first-order valence-corrected chi connectivity index (χ1v) is 9.82. The molecule has 0 saturated carbocycles. The van der Waals surface area contributed by atoms with Gasteiger partial charge < -0.3 is 10.1 Å². The van der Waals surface area contributed by atoms with Crippen LogP contribution in [0.2, 0.25) is 0 Å². The topological polar surface area (TPSA) is 108 Å². The van der Waals surface area contributed by atoms with E-state index in [1.807, 2.05) is 50.2 Å². The van der Waals surface area contributed by atoms with Gasteiger partial charge in [0.2, 0.25) is 0 Å². The van der Waals surface area contributed by atoms with Gasteiger partial charge in [-0.1, -0.05) is 36.8 Å². The van der Waals surface area contributed by atoms with E-state index in [0.717, 1.165) is 16.7 Å². The first-order chi connectivity index (χ1) is 15.1. The summed E-state index contributed by atoms with van der Waals surface area (Å²) < 4.78 is 7.19. The number of hydrogen-bond donors (Lipinski definition) is 1. The second kappa shape index (κ2) is 9.12. The highest BCUT2D eigenvalue weighted by Crippen LogP contribution is 2.28. The van der Waals surface area contributed by atoms with Gasteiger partial charge in [0.05, 0.1) is 24.1 Å². The molecule has 9 heteroatoms. The molecule has 0 bridgehead atoms. The highest BCUT2D eigenvalue weighted by atomic mass is 16.6. The van der Waals surface area contributed by atoms with Gasteiger partial charge in [-0.15, -0.1) is 5.10 Å². The minimum Gasteiger partial charge on any atom is -0.410 e. The minimum absolute atomic E-state index is 0.212. The predicted octanol–water partition coefficient (Wildman–Crippen LogP) is 3.28. The molecule has 0 aliphatic rings. The molecule has 4 aromatic rings. The predicted molar refractivity (Wildman–Crippen MR) is 114 cm³/mol. The van der Waals surface area contributed by atoms with E-state index in [-0.39, 0.29) is 6.54 Å². The van der Waals surface area contributed by atoms with E-state index in [1.165, 1.54) is 0 Å². The summed E-state index contributed by atoms with van der Waals surface area (Å²) in [6, 6.07) is 13.6. The molecule has 1 amide bonds. The van der Waals surface area contributed by atoms with Gasteiger partial charge in [0.1, 0.15) is 5.75 Å². The van der Waals surface area contributed by atoms with E-state index in [9.17, 15) is 4.79 Å². The number of tetrazole rings is 1. The Kier molecular flexibility index (Phi) is 5.93. The third-order valence-electron chi connectivity index (χ3n) is 4.61. The fourth-order valence-corrected chi connectivity index (χ4v) is 3.03. The molecule has 2 aromatic carbocycles. The third-order valence-corrected chi connectivity index (χ3v) is 4.61. The van der Waals surface area contributed by atoms with Crippen molar-refractivity contribution in [2.45, 2.75) is 26.8 Å². The van der Waals surface area contributed by atoms with Crippen molar-refractivity contribution in [2.24, 2.45) is 0 Å². The summed E-state index contributed by atoms with van der Waals surface area (Å²) in [6.45, 7) is 4.22. The molecule has 156 valence electrons. The van der Waals surface area contributed by atoms with E-state index >= 15 is 0 Å². The molecule has 9 nitrogen and oxygen atoms in total. The largest absolute Gasteiger partial charge is 0.412 e. The van der Waals surface area contributed by atoms with Crippen LogP contribution >= 0.6 is 0 Å². The van der Waals surface area contributed by atoms with Gasteiger partial charge in [-0.25, -0.2) is 4.79 Å². The number of aryl methyl sites for hydroxylation is 2. The maximum Gasteiger partial charge on any atom is 0.412 e.